The van der Waals surface area contributed by atoms with Crippen LogP contribution in [0.1, 0.15) is 5.56 Å². The van der Waals surface area contributed by atoms with Crippen molar-refractivity contribution in [1.29, 1.82) is 0 Å². The van der Waals surface area contributed by atoms with Crippen molar-refractivity contribution in [1.82, 2.24) is 20.2 Å². The maximum atomic E-state index is 12.4. The lowest BCUT2D eigenvalue weighted by Crippen LogP contribution is -2.20. The molecule has 0 saturated heterocycles. The summed E-state index contributed by atoms with van der Waals surface area (Å²) in [7, 11) is 3.22. The molecule has 1 heterocycles. The van der Waals surface area contributed by atoms with Gasteiger partial charge in [-0.15, -0.1) is 10.2 Å². The number of ether oxygens (including phenoxy) is 2. The van der Waals surface area contributed by atoms with Crippen LogP contribution in [0.3, 0.4) is 0 Å². The third-order valence-corrected chi connectivity index (χ3v) is 5.85. The van der Waals surface area contributed by atoms with Crippen molar-refractivity contribution in [2.75, 3.05) is 20.0 Å². The Hall–Kier alpha value is -4.31. The highest BCUT2D eigenvalue weighted by Gasteiger charge is 2.17. The topological polar surface area (TPSA) is 111 Å². The van der Waals surface area contributed by atoms with Crippen LogP contribution in [0.4, 0.5) is 0 Å². The van der Waals surface area contributed by atoms with Crippen LogP contribution in [-0.4, -0.2) is 52.0 Å². The lowest BCUT2D eigenvalue weighted by atomic mass is 10.2. The van der Waals surface area contributed by atoms with Gasteiger partial charge in [0.05, 0.1) is 26.2 Å². The molecule has 0 aliphatic heterocycles. The van der Waals surface area contributed by atoms with Gasteiger partial charge >= 0.3 is 0 Å². The lowest BCUT2D eigenvalue weighted by molar-refractivity contribution is -0.118. The number of hydrazone groups is 1. The van der Waals surface area contributed by atoms with Crippen molar-refractivity contribution in [3.63, 3.8) is 0 Å². The van der Waals surface area contributed by atoms with E-state index < -0.39 is 0 Å². The molecule has 0 spiro atoms. The number of aromatic hydroxyl groups is 1. The van der Waals surface area contributed by atoms with E-state index in [2.05, 4.69) is 20.7 Å². The maximum Gasteiger partial charge on any atom is 0.250 e. The van der Waals surface area contributed by atoms with Crippen molar-refractivity contribution in [2.24, 2.45) is 5.10 Å². The molecule has 4 rings (SSSR count). The minimum atomic E-state index is -0.304. The van der Waals surface area contributed by atoms with Crippen molar-refractivity contribution in [2.45, 2.75) is 5.16 Å². The molecular formula is C25H23N5O4S. The van der Waals surface area contributed by atoms with Crippen LogP contribution < -0.4 is 14.9 Å². The number of nitrogens with one attached hydrogen (secondary N) is 1. The van der Waals surface area contributed by atoms with Crippen LogP contribution in [0.2, 0.25) is 0 Å². The smallest absolute Gasteiger partial charge is 0.250 e. The lowest BCUT2D eigenvalue weighted by Gasteiger charge is -2.11. The molecule has 1 aromatic heterocycles. The van der Waals surface area contributed by atoms with Crippen molar-refractivity contribution in [3.05, 3.63) is 78.4 Å². The monoisotopic (exact) mass is 489 g/mol. The zero-order chi connectivity index (χ0) is 24.6. The molecule has 0 aliphatic rings. The van der Waals surface area contributed by atoms with Crippen LogP contribution in [0.25, 0.3) is 17.1 Å². The molecule has 10 heteroatoms. The Morgan fingerprint density at radius 1 is 1.03 bits per heavy atom. The second kappa shape index (κ2) is 11.2. The van der Waals surface area contributed by atoms with E-state index in [1.807, 2.05) is 53.1 Å². The highest BCUT2D eigenvalue weighted by atomic mass is 32.2. The number of methoxy groups -OCH3 is 2. The van der Waals surface area contributed by atoms with Gasteiger partial charge in [0.25, 0.3) is 5.91 Å². The average molecular weight is 490 g/mol. The van der Waals surface area contributed by atoms with E-state index in [9.17, 15) is 9.90 Å². The molecule has 0 bridgehead atoms. The summed E-state index contributed by atoms with van der Waals surface area (Å²) in [4.78, 5) is 12.4. The molecule has 178 valence electrons. The van der Waals surface area contributed by atoms with E-state index in [-0.39, 0.29) is 17.4 Å². The SMILES string of the molecule is COc1ccc(-c2nnc(SCC(=O)N/N=C\c3cccc(O)c3)n2-c2ccc(OC)cc2)cc1. The number of benzene rings is 3. The fourth-order valence-corrected chi connectivity index (χ4v) is 3.95. The van der Waals surface area contributed by atoms with E-state index >= 15 is 0 Å². The molecule has 2 N–H and O–H groups in total. The van der Waals surface area contributed by atoms with E-state index in [1.54, 1.807) is 38.5 Å². The number of phenolic OH excluding ortho intramolecular Hbond substituents is 1. The highest BCUT2D eigenvalue weighted by Crippen LogP contribution is 2.29. The van der Waals surface area contributed by atoms with Crippen LogP contribution in [0.5, 0.6) is 17.2 Å². The number of thioether (sulfide) groups is 1. The Kier molecular flexibility index (Phi) is 7.63. The molecule has 0 radical (unpaired) electrons. The van der Waals surface area contributed by atoms with Gasteiger partial charge in [-0.05, 0) is 66.2 Å². The molecule has 35 heavy (non-hydrogen) atoms. The quantitative estimate of drug-likeness (QED) is 0.208. The Bertz CT molecular complexity index is 1320. The molecule has 0 fully saturated rings. The summed E-state index contributed by atoms with van der Waals surface area (Å²) in [5, 5.41) is 22.7. The van der Waals surface area contributed by atoms with E-state index in [1.165, 1.54) is 18.0 Å². The first-order valence-corrected chi connectivity index (χ1v) is 11.5. The molecule has 0 saturated carbocycles. The van der Waals surface area contributed by atoms with Crippen molar-refractivity contribution >= 4 is 23.9 Å². The second-order valence-corrected chi connectivity index (χ2v) is 8.19. The summed E-state index contributed by atoms with van der Waals surface area (Å²) in [6.45, 7) is 0. The largest absolute Gasteiger partial charge is 0.508 e. The van der Waals surface area contributed by atoms with Gasteiger partial charge in [-0.25, -0.2) is 5.43 Å². The number of hydrogen-bond donors (Lipinski definition) is 2. The molecule has 4 aromatic rings. The first-order valence-electron chi connectivity index (χ1n) is 10.6. The zero-order valence-corrected chi connectivity index (χ0v) is 19.9. The Labute approximate surface area is 206 Å². The third-order valence-electron chi connectivity index (χ3n) is 4.92. The normalized spacial score (nSPS) is 10.9. The first-order chi connectivity index (χ1) is 17.1. The van der Waals surface area contributed by atoms with Gasteiger partial charge in [0, 0.05) is 11.3 Å². The fraction of sp³-hybridized carbons (Fsp3) is 0.120. The summed E-state index contributed by atoms with van der Waals surface area (Å²) in [5.41, 5.74) is 4.83. The Morgan fingerprint density at radius 3 is 2.37 bits per heavy atom. The number of rotatable bonds is 9. The van der Waals surface area contributed by atoms with Crippen LogP contribution >= 0.6 is 11.8 Å². The maximum absolute atomic E-state index is 12.4. The summed E-state index contributed by atoms with van der Waals surface area (Å²) in [5.74, 6) is 1.99. The molecule has 0 atom stereocenters. The second-order valence-electron chi connectivity index (χ2n) is 7.24. The van der Waals surface area contributed by atoms with Gasteiger partial charge in [0.15, 0.2) is 11.0 Å². The number of hydrogen-bond acceptors (Lipinski definition) is 8. The van der Waals surface area contributed by atoms with E-state index in [0.29, 0.717) is 16.5 Å². The fourth-order valence-electron chi connectivity index (χ4n) is 3.20. The van der Waals surface area contributed by atoms with Crippen LogP contribution in [0.15, 0.2) is 83.1 Å². The standard InChI is InChI=1S/C25H23N5O4S/c1-33-21-10-6-18(7-11-21)24-28-29-25(30(24)19-8-12-22(34-2)13-9-19)35-16-23(32)27-26-15-17-4-3-5-20(31)14-17/h3-15,31H,16H2,1-2H3,(H,27,32)/b26-15-. The van der Waals surface area contributed by atoms with Gasteiger partial charge in [0.1, 0.15) is 17.2 Å². The summed E-state index contributed by atoms with van der Waals surface area (Å²) in [6.07, 6.45) is 1.46. The predicted molar refractivity (Wildman–Crippen MR) is 134 cm³/mol. The zero-order valence-electron chi connectivity index (χ0n) is 19.1. The molecule has 3 aromatic carbocycles. The van der Waals surface area contributed by atoms with Crippen LogP contribution in [0, 0.1) is 0 Å². The molecule has 1 amide bonds. The molecule has 0 unspecified atom stereocenters. The van der Waals surface area contributed by atoms with Gasteiger partial charge in [-0.2, -0.15) is 5.10 Å². The summed E-state index contributed by atoms with van der Waals surface area (Å²) < 4.78 is 12.4. The van der Waals surface area contributed by atoms with E-state index in [0.717, 1.165) is 22.7 Å². The number of carbonyl (C=O) groups excluding carboxylic acids is 1. The molecular weight excluding hydrogens is 466 g/mol. The predicted octanol–water partition coefficient (Wildman–Crippen LogP) is 3.90. The minimum Gasteiger partial charge on any atom is -0.508 e. The number of carbonyl (C=O) groups is 1. The Balaban J connectivity index is 1.53. The molecule has 9 nitrogen and oxygen atoms in total. The van der Waals surface area contributed by atoms with Gasteiger partial charge in [0.2, 0.25) is 0 Å². The minimum absolute atomic E-state index is 0.0777. The van der Waals surface area contributed by atoms with E-state index in [4.69, 9.17) is 9.47 Å². The van der Waals surface area contributed by atoms with Crippen molar-refractivity contribution in [3.8, 4) is 34.3 Å². The van der Waals surface area contributed by atoms with Gasteiger partial charge in [-0.1, -0.05) is 23.9 Å². The highest BCUT2D eigenvalue weighted by molar-refractivity contribution is 7.99. The third kappa shape index (κ3) is 5.98. The first kappa shape index (κ1) is 23.8. The number of nitrogens with zero attached hydrogens (tertiary/aromatic N) is 4. The number of aromatic nitrogens is 3. The number of phenols is 1. The van der Waals surface area contributed by atoms with Gasteiger partial charge in [-0.3, -0.25) is 9.36 Å². The molecule has 0 aliphatic carbocycles. The summed E-state index contributed by atoms with van der Waals surface area (Å²) >= 11 is 1.24. The van der Waals surface area contributed by atoms with Crippen molar-refractivity contribution < 1.29 is 19.4 Å². The van der Waals surface area contributed by atoms with Crippen LogP contribution in [-0.2, 0) is 4.79 Å². The van der Waals surface area contributed by atoms with Gasteiger partial charge < -0.3 is 14.6 Å². The summed E-state index contributed by atoms with van der Waals surface area (Å²) in [6, 6.07) is 21.6. The number of amides is 1. The Morgan fingerprint density at radius 2 is 1.71 bits per heavy atom. The average Bonchev–Trinajstić information content (AvgIpc) is 3.31.